The van der Waals surface area contributed by atoms with Crippen LogP contribution in [0.4, 0.5) is 10.1 Å². The van der Waals surface area contributed by atoms with Gasteiger partial charge in [0.25, 0.3) is 0 Å². The predicted octanol–water partition coefficient (Wildman–Crippen LogP) is 5.41. The van der Waals surface area contributed by atoms with Crippen LogP contribution in [0.3, 0.4) is 0 Å². The van der Waals surface area contributed by atoms with E-state index in [9.17, 15) is 9.18 Å². The zero-order valence-electron chi connectivity index (χ0n) is 17.5. The van der Waals surface area contributed by atoms with Gasteiger partial charge in [-0.15, -0.1) is 0 Å². The van der Waals surface area contributed by atoms with Gasteiger partial charge in [0.05, 0.1) is 28.9 Å². The molecule has 5 rings (SSSR count). The number of amides is 1. The molecule has 1 aromatic heterocycles. The summed E-state index contributed by atoms with van der Waals surface area (Å²) in [6.07, 6.45) is 0.334. The molecule has 32 heavy (non-hydrogen) atoms. The van der Waals surface area contributed by atoms with E-state index in [0.29, 0.717) is 36.0 Å². The van der Waals surface area contributed by atoms with Gasteiger partial charge in [0.15, 0.2) is 0 Å². The Morgan fingerprint density at radius 3 is 2.69 bits per heavy atom. The molecule has 3 aromatic carbocycles. The minimum absolute atomic E-state index is 0.00876. The highest BCUT2D eigenvalue weighted by Crippen LogP contribution is 2.38. The van der Waals surface area contributed by atoms with E-state index in [0.717, 1.165) is 22.4 Å². The van der Waals surface area contributed by atoms with E-state index in [2.05, 4.69) is 4.57 Å². The quantitative estimate of drug-likeness (QED) is 0.409. The zero-order valence-corrected chi connectivity index (χ0v) is 18.2. The van der Waals surface area contributed by atoms with Crippen LogP contribution in [-0.2, 0) is 11.3 Å². The number of anilines is 1. The van der Waals surface area contributed by atoms with Gasteiger partial charge in [-0.1, -0.05) is 35.9 Å². The number of rotatable bonds is 5. The molecule has 1 aliphatic heterocycles. The number of carbonyl (C=O) groups excluding carboxylic acids is 1. The summed E-state index contributed by atoms with van der Waals surface area (Å²) in [6.45, 7) is 1.01. The van der Waals surface area contributed by atoms with Gasteiger partial charge in [0.2, 0.25) is 5.91 Å². The van der Waals surface area contributed by atoms with Crippen molar-refractivity contribution in [1.82, 2.24) is 9.55 Å². The number of hydrogen-bond donors (Lipinski definition) is 0. The molecule has 1 amide bonds. The van der Waals surface area contributed by atoms with E-state index in [1.165, 1.54) is 12.1 Å². The van der Waals surface area contributed by atoms with Crippen molar-refractivity contribution in [2.24, 2.45) is 0 Å². The highest BCUT2D eigenvalue weighted by Gasteiger charge is 2.35. The van der Waals surface area contributed by atoms with E-state index < -0.39 is 0 Å². The molecular formula is C25H21ClFN3O2. The first-order chi connectivity index (χ1) is 15.5. The molecule has 2 heterocycles. The second-order valence-electron chi connectivity index (χ2n) is 7.89. The Morgan fingerprint density at radius 2 is 1.91 bits per heavy atom. The molecule has 0 aliphatic carbocycles. The van der Waals surface area contributed by atoms with Crippen molar-refractivity contribution in [3.8, 4) is 5.75 Å². The number of methoxy groups -OCH3 is 1. The monoisotopic (exact) mass is 449 g/mol. The molecule has 1 fully saturated rings. The van der Waals surface area contributed by atoms with Crippen LogP contribution in [0.1, 0.15) is 23.7 Å². The number of fused-ring (bicyclic) bond motifs is 1. The number of imidazole rings is 1. The van der Waals surface area contributed by atoms with Crippen LogP contribution in [0.2, 0.25) is 5.02 Å². The second-order valence-corrected chi connectivity index (χ2v) is 8.30. The number of para-hydroxylation sites is 2. The number of carbonyl (C=O) groups is 1. The largest absolute Gasteiger partial charge is 0.497 e. The first-order valence-electron chi connectivity index (χ1n) is 10.4. The molecule has 0 spiro atoms. The maximum atomic E-state index is 13.4. The standard InChI is InChI=1S/C25H21ClFN3O2/c1-32-19-10-11-20(26)23(13-19)29-15-17(12-24(29)31)25-28-21-4-2-3-5-22(21)30(25)14-16-6-8-18(27)9-7-16/h2-11,13,17H,12,14-15H2,1H3/t17-/m1/s1. The maximum Gasteiger partial charge on any atom is 0.227 e. The van der Waals surface area contributed by atoms with E-state index in [1.54, 1.807) is 42.3 Å². The lowest BCUT2D eigenvalue weighted by Crippen LogP contribution is -2.25. The predicted molar refractivity (Wildman–Crippen MR) is 123 cm³/mol. The van der Waals surface area contributed by atoms with Crippen molar-refractivity contribution in [3.05, 3.63) is 89.0 Å². The Kier molecular flexibility index (Phi) is 5.31. The van der Waals surface area contributed by atoms with Crippen LogP contribution in [0.5, 0.6) is 5.75 Å². The SMILES string of the molecule is COc1ccc(Cl)c(N2C[C@H](c3nc4ccccc4n3Cc3ccc(F)cc3)CC2=O)c1. The second kappa shape index (κ2) is 8.28. The molecule has 4 aromatic rings. The van der Waals surface area contributed by atoms with Crippen molar-refractivity contribution in [2.45, 2.75) is 18.9 Å². The summed E-state index contributed by atoms with van der Waals surface area (Å²) in [5, 5.41) is 0.500. The van der Waals surface area contributed by atoms with E-state index >= 15 is 0 Å². The third kappa shape index (κ3) is 3.71. The number of aromatic nitrogens is 2. The summed E-state index contributed by atoms with van der Waals surface area (Å²) in [7, 11) is 1.58. The summed E-state index contributed by atoms with van der Waals surface area (Å²) < 4.78 is 20.8. The van der Waals surface area contributed by atoms with Crippen molar-refractivity contribution >= 4 is 34.2 Å². The van der Waals surface area contributed by atoms with Gasteiger partial charge in [-0.3, -0.25) is 4.79 Å². The number of benzene rings is 3. The number of halogens is 2. The van der Waals surface area contributed by atoms with Gasteiger partial charge in [-0.05, 0) is 42.0 Å². The van der Waals surface area contributed by atoms with Crippen molar-refractivity contribution < 1.29 is 13.9 Å². The Labute approximate surface area is 190 Å². The van der Waals surface area contributed by atoms with Crippen LogP contribution < -0.4 is 9.64 Å². The molecule has 0 bridgehead atoms. The first kappa shape index (κ1) is 20.5. The van der Waals surface area contributed by atoms with Crippen molar-refractivity contribution in [3.63, 3.8) is 0 Å². The van der Waals surface area contributed by atoms with Crippen molar-refractivity contribution in [1.29, 1.82) is 0 Å². The summed E-state index contributed by atoms with van der Waals surface area (Å²) in [4.78, 5) is 19.6. The zero-order chi connectivity index (χ0) is 22.2. The lowest BCUT2D eigenvalue weighted by atomic mass is 10.1. The molecule has 1 atom stereocenters. The third-order valence-electron chi connectivity index (χ3n) is 5.87. The van der Waals surface area contributed by atoms with E-state index in [1.807, 2.05) is 24.3 Å². The lowest BCUT2D eigenvalue weighted by molar-refractivity contribution is -0.117. The molecule has 0 saturated carbocycles. The molecule has 0 radical (unpaired) electrons. The van der Waals surface area contributed by atoms with Crippen LogP contribution in [0, 0.1) is 5.82 Å². The Balaban J connectivity index is 1.52. The van der Waals surface area contributed by atoms with Crippen LogP contribution in [-0.4, -0.2) is 29.1 Å². The fourth-order valence-electron chi connectivity index (χ4n) is 4.28. The van der Waals surface area contributed by atoms with Gasteiger partial charge in [0, 0.05) is 31.5 Å². The van der Waals surface area contributed by atoms with Gasteiger partial charge in [-0.2, -0.15) is 0 Å². The van der Waals surface area contributed by atoms with Gasteiger partial charge >= 0.3 is 0 Å². The maximum absolute atomic E-state index is 13.4. The molecule has 0 unspecified atom stereocenters. The summed E-state index contributed by atoms with van der Waals surface area (Å²) in [5.74, 6) is 1.11. The number of hydrogen-bond acceptors (Lipinski definition) is 3. The van der Waals surface area contributed by atoms with Crippen LogP contribution in [0.15, 0.2) is 66.7 Å². The first-order valence-corrected chi connectivity index (χ1v) is 10.7. The van der Waals surface area contributed by atoms with Gasteiger partial charge < -0.3 is 14.2 Å². The topological polar surface area (TPSA) is 47.4 Å². The summed E-state index contributed by atoms with van der Waals surface area (Å²) >= 11 is 6.41. The molecular weight excluding hydrogens is 429 g/mol. The minimum atomic E-state index is -0.267. The van der Waals surface area contributed by atoms with E-state index in [4.69, 9.17) is 21.3 Å². The highest BCUT2D eigenvalue weighted by atomic mass is 35.5. The summed E-state index contributed by atoms with van der Waals surface area (Å²) in [6, 6.07) is 19.7. The molecule has 1 saturated heterocycles. The Morgan fingerprint density at radius 1 is 1.12 bits per heavy atom. The number of nitrogens with zero attached hydrogens (tertiary/aromatic N) is 3. The van der Waals surface area contributed by atoms with Gasteiger partial charge in [-0.25, -0.2) is 9.37 Å². The smallest absolute Gasteiger partial charge is 0.227 e. The Bertz CT molecular complexity index is 1300. The van der Waals surface area contributed by atoms with Gasteiger partial charge in [0.1, 0.15) is 17.4 Å². The highest BCUT2D eigenvalue weighted by molar-refractivity contribution is 6.34. The minimum Gasteiger partial charge on any atom is -0.497 e. The molecule has 5 nitrogen and oxygen atoms in total. The average molecular weight is 450 g/mol. The van der Waals surface area contributed by atoms with Crippen LogP contribution >= 0.6 is 11.6 Å². The third-order valence-corrected chi connectivity index (χ3v) is 6.19. The molecule has 0 N–H and O–H groups in total. The fourth-order valence-corrected chi connectivity index (χ4v) is 4.50. The van der Waals surface area contributed by atoms with Crippen molar-refractivity contribution in [2.75, 3.05) is 18.6 Å². The average Bonchev–Trinajstić information content (AvgIpc) is 3.36. The molecule has 162 valence electrons. The normalized spacial score (nSPS) is 16.2. The number of ether oxygens (including phenoxy) is 1. The van der Waals surface area contributed by atoms with E-state index in [-0.39, 0.29) is 17.6 Å². The summed E-state index contributed by atoms with van der Waals surface area (Å²) in [5.41, 5.74) is 3.46. The van der Waals surface area contributed by atoms with Crippen LogP contribution in [0.25, 0.3) is 11.0 Å². The molecule has 1 aliphatic rings. The molecule has 7 heteroatoms. The Hall–Kier alpha value is -3.38. The lowest BCUT2D eigenvalue weighted by Gasteiger charge is -2.19. The fraction of sp³-hybridized carbons (Fsp3) is 0.200.